The highest BCUT2D eigenvalue weighted by molar-refractivity contribution is 5.91. The van der Waals surface area contributed by atoms with Gasteiger partial charge in [-0.2, -0.15) is 0 Å². The van der Waals surface area contributed by atoms with Crippen LogP contribution in [0.25, 0.3) is 0 Å². The van der Waals surface area contributed by atoms with E-state index in [0.29, 0.717) is 5.56 Å². The molecule has 0 unspecified atom stereocenters. The van der Waals surface area contributed by atoms with Gasteiger partial charge < -0.3 is 31.7 Å². The van der Waals surface area contributed by atoms with Gasteiger partial charge in [0.1, 0.15) is 18.1 Å². The Balaban J connectivity index is 2.72. The van der Waals surface area contributed by atoms with E-state index in [9.17, 15) is 24.6 Å². The van der Waals surface area contributed by atoms with E-state index in [-0.39, 0.29) is 6.42 Å². The second kappa shape index (κ2) is 9.60. The molecule has 0 spiro atoms. The second-order valence-corrected chi connectivity index (χ2v) is 5.12. The van der Waals surface area contributed by atoms with Crippen molar-refractivity contribution < 1.29 is 29.7 Å². The third-order valence-electron chi connectivity index (χ3n) is 3.25. The highest BCUT2D eigenvalue weighted by Crippen LogP contribution is 2.04. The minimum Gasteiger partial charge on any atom is -0.480 e. The molecule has 1 aromatic carbocycles. The Labute approximate surface area is 138 Å². The molecule has 7 N–H and O–H groups in total. The molecule has 0 heterocycles. The van der Waals surface area contributed by atoms with Crippen LogP contribution in [-0.4, -0.2) is 64.4 Å². The first kappa shape index (κ1) is 19.6. The molecule has 0 saturated carbocycles. The van der Waals surface area contributed by atoms with E-state index < -0.39 is 49.1 Å². The number of carbonyl (C=O) groups excluding carboxylic acids is 2. The molecule has 0 saturated heterocycles. The fourth-order valence-electron chi connectivity index (χ4n) is 1.88. The Morgan fingerprint density at radius 2 is 1.54 bits per heavy atom. The Bertz CT molecular complexity index is 566. The molecule has 0 aliphatic rings. The molecular formula is C15H21N3O6. The van der Waals surface area contributed by atoms with E-state index in [4.69, 9.17) is 10.8 Å². The largest absolute Gasteiger partial charge is 0.480 e. The lowest BCUT2D eigenvalue weighted by molar-refractivity contribution is -0.142. The van der Waals surface area contributed by atoms with Crippen molar-refractivity contribution in [1.82, 2.24) is 10.6 Å². The number of benzene rings is 1. The number of amides is 2. The second-order valence-electron chi connectivity index (χ2n) is 5.12. The van der Waals surface area contributed by atoms with Crippen molar-refractivity contribution in [1.29, 1.82) is 0 Å². The standard InChI is InChI=1S/C15H21N3O6/c16-10(7-19)13(21)18-12(8-20)14(22)17-11(15(23)24)6-9-4-2-1-3-5-9/h1-5,10-12,19-20H,6-8,16H2,(H,17,22)(H,18,21)(H,23,24)/t10-,11-,12-/m0/s1. The van der Waals surface area contributed by atoms with Crippen LogP contribution in [0.5, 0.6) is 0 Å². The predicted molar refractivity (Wildman–Crippen MR) is 83.8 cm³/mol. The minimum atomic E-state index is -1.37. The molecule has 0 bridgehead atoms. The Kier molecular flexibility index (Phi) is 7.83. The van der Waals surface area contributed by atoms with Crippen LogP contribution >= 0.6 is 0 Å². The number of carbonyl (C=O) groups is 3. The summed E-state index contributed by atoms with van der Waals surface area (Å²) < 4.78 is 0. The first-order valence-corrected chi connectivity index (χ1v) is 7.23. The van der Waals surface area contributed by atoms with E-state index in [2.05, 4.69) is 10.6 Å². The summed E-state index contributed by atoms with van der Waals surface area (Å²) in [6, 6.07) is 4.85. The third kappa shape index (κ3) is 5.95. The summed E-state index contributed by atoms with van der Waals surface area (Å²) in [5.41, 5.74) is 6.01. The van der Waals surface area contributed by atoms with E-state index in [1.807, 2.05) is 0 Å². The zero-order valence-electron chi connectivity index (χ0n) is 12.9. The van der Waals surface area contributed by atoms with Crippen molar-refractivity contribution in [3.8, 4) is 0 Å². The monoisotopic (exact) mass is 339 g/mol. The number of carboxylic acids is 1. The van der Waals surface area contributed by atoms with Crippen molar-refractivity contribution >= 4 is 17.8 Å². The summed E-state index contributed by atoms with van der Waals surface area (Å²) in [7, 11) is 0. The average Bonchev–Trinajstić information content (AvgIpc) is 2.58. The Morgan fingerprint density at radius 3 is 2.04 bits per heavy atom. The lowest BCUT2D eigenvalue weighted by Gasteiger charge is -2.21. The number of nitrogens with one attached hydrogen (secondary N) is 2. The van der Waals surface area contributed by atoms with Crippen LogP contribution in [0.1, 0.15) is 5.56 Å². The number of nitrogens with two attached hydrogens (primary N) is 1. The van der Waals surface area contributed by atoms with Crippen molar-refractivity contribution in [3.05, 3.63) is 35.9 Å². The average molecular weight is 339 g/mol. The molecule has 0 aliphatic carbocycles. The molecule has 1 aromatic rings. The van der Waals surface area contributed by atoms with Gasteiger partial charge in [0.15, 0.2) is 0 Å². The SMILES string of the molecule is N[C@@H](CO)C(=O)N[C@@H](CO)C(=O)N[C@@H](Cc1ccccc1)C(=O)O. The number of carboxylic acid groups (broad SMARTS) is 1. The smallest absolute Gasteiger partial charge is 0.326 e. The number of hydrogen-bond donors (Lipinski definition) is 6. The third-order valence-corrected chi connectivity index (χ3v) is 3.25. The predicted octanol–water partition coefficient (Wildman–Crippen LogP) is -2.40. The van der Waals surface area contributed by atoms with Crippen LogP contribution in [0.2, 0.25) is 0 Å². The molecule has 0 aliphatic heterocycles. The van der Waals surface area contributed by atoms with Crippen molar-refractivity contribution in [3.63, 3.8) is 0 Å². The van der Waals surface area contributed by atoms with E-state index >= 15 is 0 Å². The Morgan fingerprint density at radius 1 is 0.958 bits per heavy atom. The molecule has 9 nitrogen and oxygen atoms in total. The van der Waals surface area contributed by atoms with Crippen LogP contribution in [0.15, 0.2) is 30.3 Å². The van der Waals surface area contributed by atoms with Crippen LogP contribution in [0.3, 0.4) is 0 Å². The highest BCUT2D eigenvalue weighted by atomic mass is 16.4. The number of aliphatic hydroxyl groups excluding tert-OH is 2. The summed E-state index contributed by atoms with van der Waals surface area (Å²) in [4.78, 5) is 34.9. The summed E-state index contributed by atoms with van der Waals surface area (Å²) >= 11 is 0. The lowest BCUT2D eigenvalue weighted by Crippen LogP contribution is -2.56. The maximum Gasteiger partial charge on any atom is 0.326 e. The van der Waals surface area contributed by atoms with Gasteiger partial charge in [-0.1, -0.05) is 30.3 Å². The number of rotatable bonds is 9. The molecular weight excluding hydrogens is 318 g/mol. The molecule has 24 heavy (non-hydrogen) atoms. The summed E-state index contributed by atoms with van der Waals surface area (Å²) in [5, 5.41) is 31.6. The molecule has 0 fully saturated rings. The summed E-state index contributed by atoms with van der Waals surface area (Å²) in [6.07, 6.45) is 0.0458. The molecule has 9 heteroatoms. The van der Waals surface area contributed by atoms with Gasteiger partial charge >= 0.3 is 5.97 Å². The van der Waals surface area contributed by atoms with Crippen LogP contribution in [-0.2, 0) is 20.8 Å². The first-order chi connectivity index (χ1) is 11.4. The summed E-state index contributed by atoms with van der Waals surface area (Å²) in [5.74, 6) is -2.94. The van der Waals surface area contributed by atoms with E-state index in [1.165, 1.54) is 0 Å². The van der Waals surface area contributed by atoms with Gasteiger partial charge in [0.05, 0.1) is 13.2 Å². The lowest BCUT2D eigenvalue weighted by atomic mass is 10.1. The van der Waals surface area contributed by atoms with Gasteiger partial charge in [-0.15, -0.1) is 0 Å². The van der Waals surface area contributed by atoms with Crippen LogP contribution in [0.4, 0.5) is 0 Å². The maximum atomic E-state index is 12.1. The van der Waals surface area contributed by atoms with Gasteiger partial charge in [-0.3, -0.25) is 9.59 Å². The highest BCUT2D eigenvalue weighted by Gasteiger charge is 2.27. The van der Waals surface area contributed by atoms with Crippen LogP contribution < -0.4 is 16.4 Å². The topological polar surface area (TPSA) is 162 Å². The van der Waals surface area contributed by atoms with Gasteiger partial charge in [0.2, 0.25) is 11.8 Å². The van der Waals surface area contributed by atoms with Gasteiger partial charge in [0, 0.05) is 6.42 Å². The van der Waals surface area contributed by atoms with Gasteiger partial charge in [0.25, 0.3) is 0 Å². The molecule has 3 atom stereocenters. The number of aliphatic carboxylic acids is 1. The minimum absolute atomic E-state index is 0.0458. The fraction of sp³-hybridized carbons (Fsp3) is 0.400. The van der Waals surface area contributed by atoms with Gasteiger partial charge in [-0.05, 0) is 5.56 Å². The van der Waals surface area contributed by atoms with Crippen molar-refractivity contribution in [2.24, 2.45) is 5.73 Å². The molecule has 0 aromatic heterocycles. The number of aliphatic hydroxyl groups is 2. The summed E-state index contributed by atoms with van der Waals surface area (Å²) in [6.45, 7) is -1.37. The van der Waals surface area contributed by atoms with Crippen molar-refractivity contribution in [2.75, 3.05) is 13.2 Å². The van der Waals surface area contributed by atoms with Crippen LogP contribution in [0, 0.1) is 0 Å². The zero-order chi connectivity index (χ0) is 18.1. The van der Waals surface area contributed by atoms with E-state index in [1.54, 1.807) is 30.3 Å². The zero-order valence-corrected chi connectivity index (χ0v) is 12.9. The maximum absolute atomic E-state index is 12.1. The molecule has 132 valence electrons. The first-order valence-electron chi connectivity index (χ1n) is 7.23. The Hall–Kier alpha value is -2.49. The van der Waals surface area contributed by atoms with E-state index in [0.717, 1.165) is 0 Å². The molecule has 1 rings (SSSR count). The molecule has 2 amide bonds. The molecule has 0 radical (unpaired) electrons. The van der Waals surface area contributed by atoms with Gasteiger partial charge in [-0.25, -0.2) is 4.79 Å². The fourth-order valence-corrected chi connectivity index (χ4v) is 1.88. The van der Waals surface area contributed by atoms with Crippen molar-refractivity contribution in [2.45, 2.75) is 24.5 Å². The number of hydrogen-bond acceptors (Lipinski definition) is 6. The normalized spacial score (nSPS) is 14.3. The quantitative estimate of drug-likeness (QED) is 0.292.